The van der Waals surface area contributed by atoms with Crippen LogP contribution in [0.5, 0.6) is 11.5 Å². The van der Waals surface area contributed by atoms with E-state index in [0.29, 0.717) is 23.6 Å². The molecule has 1 aliphatic heterocycles. The molecule has 0 radical (unpaired) electrons. The summed E-state index contributed by atoms with van der Waals surface area (Å²) in [4.78, 5) is 11.8. The number of aliphatic hydroxyl groups is 1. The number of carbonyl (C=O) groups excluding carboxylic acids is 1. The van der Waals surface area contributed by atoms with E-state index in [1.807, 2.05) is 6.92 Å². The van der Waals surface area contributed by atoms with Crippen molar-refractivity contribution in [1.29, 1.82) is 0 Å². The zero-order chi connectivity index (χ0) is 12.3. The third kappa shape index (κ3) is 2.68. The summed E-state index contributed by atoms with van der Waals surface area (Å²) in [5, 5.41) is 11.6. The first-order valence-electron chi connectivity index (χ1n) is 5.49. The van der Waals surface area contributed by atoms with Crippen molar-refractivity contribution in [2.24, 2.45) is 5.92 Å². The fourth-order valence-electron chi connectivity index (χ4n) is 1.47. The van der Waals surface area contributed by atoms with E-state index in [-0.39, 0.29) is 25.2 Å². The second-order valence-corrected chi connectivity index (χ2v) is 4.07. The maximum Gasteiger partial charge on any atom is 0.251 e. The third-order valence-electron chi connectivity index (χ3n) is 2.56. The highest BCUT2D eigenvalue weighted by atomic mass is 16.7. The van der Waals surface area contributed by atoms with Crippen molar-refractivity contribution in [3.63, 3.8) is 0 Å². The first-order valence-corrected chi connectivity index (χ1v) is 5.49. The lowest BCUT2D eigenvalue weighted by Crippen LogP contribution is -2.29. The minimum atomic E-state index is -0.177. The molecule has 1 heterocycles. The van der Waals surface area contributed by atoms with Gasteiger partial charge >= 0.3 is 0 Å². The lowest BCUT2D eigenvalue weighted by Gasteiger charge is -2.09. The maximum atomic E-state index is 11.8. The number of rotatable bonds is 4. The number of hydrogen-bond donors (Lipinski definition) is 2. The highest BCUT2D eigenvalue weighted by Crippen LogP contribution is 2.32. The van der Waals surface area contributed by atoms with Crippen LogP contribution in [0.25, 0.3) is 0 Å². The number of nitrogens with one attached hydrogen (secondary N) is 1. The average molecular weight is 237 g/mol. The summed E-state index contributed by atoms with van der Waals surface area (Å²) in [6.45, 7) is 2.56. The van der Waals surface area contributed by atoms with Crippen molar-refractivity contribution < 1.29 is 19.4 Å². The van der Waals surface area contributed by atoms with Gasteiger partial charge in [0.1, 0.15) is 0 Å². The zero-order valence-electron chi connectivity index (χ0n) is 9.60. The molecular weight excluding hydrogens is 222 g/mol. The van der Waals surface area contributed by atoms with Crippen molar-refractivity contribution in [1.82, 2.24) is 5.32 Å². The molecule has 1 atom stereocenters. The van der Waals surface area contributed by atoms with Crippen molar-refractivity contribution in [3.8, 4) is 11.5 Å². The molecule has 2 N–H and O–H groups in total. The molecule has 1 aromatic carbocycles. The average Bonchev–Trinajstić information content (AvgIpc) is 2.82. The van der Waals surface area contributed by atoms with Crippen molar-refractivity contribution in [3.05, 3.63) is 23.8 Å². The predicted octanol–water partition coefficient (Wildman–Crippen LogP) is 0.773. The van der Waals surface area contributed by atoms with Crippen LogP contribution in [0, 0.1) is 5.92 Å². The third-order valence-corrected chi connectivity index (χ3v) is 2.56. The Morgan fingerprint density at radius 2 is 2.24 bits per heavy atom. The number of hydrogen-bond acceptors (Lipinski definition) is 4. The zero-order valence-corrected chi connectivity index (χ0v) is 9.60. The van der Waals surface area contributed by atoms with Crippen molar-refractivity contribution in [2.75, 3.05) is 19.9 Å². The second kappa shape index (κ2) is 5.05. The Morgan fingerprint density at radius 3 is 3.00 bits per heavy atom. The minimum Gasteiger partial charge on any atom is -0.454 e. The predicted molar refractivity (Wildman–Crippen MR) is 61.1 cm³/mol. The minimum absolute atomic E-state index is 0.0490. The highest BCUT2D eigenvalue weighted by Gasteiger charge is 2.16. The Balaban J connectivity index is 2.00. The van der Waals surface area contributed by atoms with E-state index in [2.05, 4.69) is 5.32 Å². The lowest BCUT2D eigenvalue weighted by atomic mass is 10.1. The molecule has 0 saturated heterocycles. The van der Waals surface area contributed by atoms with Gasteiger partial charge < -0.3 is 19.9 Å². The van der Waals surface area contributed by atoms with Crippen LogP contribution in [0.3, 0.4) is 0 Å². The molecule has 0 fully saturated rings. The van der Waals surface area contributed by atoms with Crippen LogP contribution < -0.4 is 14.8 Å². The highest BCUT2D eigenvalue weighted by molar-refractivity contribution is 5.94. The van der Waals surface area contributed by atoms with E-state index in [9.17, 15) is 4.79 Å². The molecule has 92 valence electrons. The lowest BCUT2D eigenvalue weighted by molar-refractivity contribution is 0.0942. The van der Waals surface area contributed by atoms with Crippen LogP contribution >= 0.6 is 0 Å². The maximum absolute atomic E-state index is 11.8. The van der Waals surface area contributed by atoms with E-state index in [4.69, 9.17) is 14.6 Å². The Labute approximate surface area is 99.3 Å². The van der Waals surface area contributed by atoms with Gasteiger partial charge in [-0.15, -0.1) is 0 Å². The molecule has 1 amide bonds. The summed E-state index contributed by atoms with van der Waals surface area (Å²) >= 11 is 0. The summed E-state index contributed by atoms with van der Waals surface area (Å²) in [7, 11) is 0. The fraction of sp³-hybridized carbons (Fsp3) is 0.417. The number of carbonyl (C=O) groups is 1. The SMILES string of the molecule is CC(CO)CNC(=O)c1ccc2c(c1)OCO2. The normalized spacial score (nSPS) is 14.5. The van der Waals surface area contributed by atoms with E-state index in [0.717, 1.165) is 0 Å². The van der Waals surface area contributed by atoms with Gasteiger partial charge in [0.05, 0.1) is 0 Å². The molecule has 0 bridgehead atoms. The van der Waals surface area contributed by atoms with Gasteiger partial charge in [0.2, 0.25) is 6.79 Å². The van der Waals surface area contributed by atoms with Crippen LogP contribution in [0.1, 0.15) is 17.3 Å². The molecule has 1 aromatic rings. The standard InChI is InChI=1S/C12H15NO4/c1-8(6-14)5-13-12(15)9-2-3-10-11(4-9)17-7-16-10/h2-4,8,14H,5-7H2,1H3,(H,13,15). The molecule has 0 aliphatic carbocycles. The number of ether oxygens (including phenoxy) is 2. The molecule has 1 aliphatic rings. The number of amides is 1. The molecule has 0 spiro atoms. The van der Waals surface area contributed by atoms with Gasteiger partial charge in [-0.3, -0.25) is 4.79 Å². The van der Waals surface area contributed by atoms with E-state index in [1.54, 1.807) is 18.2 Å². The van der Waals surface area contributed by atoms with Crippen LogP contribution in [0.15, 0.2) is 18.2 Å². The van der Waals surface area contributed by atoms with Gasteiger partial charge in [0.25, 0.3) is 5.91 Å². The Kier molecular flexibility index (Phi) is 3.49. The van der Waals surface area contributed by atoms with Gasteiger partial charge in [-0.05, 0) is 24.1 Å². The van der Waals surface area contributed by atoms with Gasteiger partial charge in [-0.2, -0.15) is 0 Å². The molecule has 5 heteroatoms. The summed E-state index contributed by atoms with van der Waals surface area (Å²) in [6.07, 6.45) is 0. The Morgan fingerprint density at radius 1 is 1.47 bits per heavy atom. The van der Waals surface area contributed by atoms with Gasteiger partial charge in [-0.25, -0.2) is 0 Å². The van der Waals surface area contributed by atoms with Gasteiger partial charge in [0, 0.05) is 18.7 Å². The van der Waals surface area contributed by atoms with Gasteiger partial charge in [-0.1, -0.05) is 6.92 Å². The Bertz CT molecular complexity index is 419. The van der Waals surface area contributed by atoms with E-state index >= 15 is 0 Å². The molecule has 0 saturated carbocycles. The molecule has 1 unspecified atom stereocenters. The number of aliphatic hydroxyl groups excluding tert-OH is 1. The van der Waals surface area contributed by atoms with Crippen molar-refractivity contribution >= 4 is 5.91 Å². The summed E-state index contributed by atoms with van der Waals surface area (Å²) in [6, 6.07) is 5.06. The summed E-state index contributed by atoms with van der Waals surface area (Å²) in [5.74, 6) is 1.12. The smallest absolute Gasteiger partial charge is 0.251 e. The van der Waals surface area contributed by atoms with E-state index < -0.39 is 0 Å². The van der Waals surface area contributed by atoms with Crippen LogP contribution in [-0.4, -0.2) is 31.0 Å². The summed E-state index contributed by atoms with van der Waals surface area (Å²) < 4.78 is 10.4. The molecule has 2 rings (SSSR count). The first kappa shape index (κ1) is 11.7. The molecular formula is C12H15NO4. The largest absolute Gasteiger partial charge is 0.454 e. The van der Waals surface area contributed by atoms with Crippen LogP contribution in [0.2, 0.25) is 0 Å². The first-order chi connectivity index (χ1) is 8.20. The van der Waals surface area contributed by atoms with Crippen LogP contribution in [0.4, 0.5) is 0 Å². The van der Waals surface area contributed by atoms with Gasteiger partial charge in [0.15, 0.2) is 11.5 Å². The van der Waals surface area contributed by atoms with E-state index in [1.165, 1.54) is 0 Å². The topological polar surface area (TPSA) is 67.8 Å². The molecule has 0 aromatic heterocycles. The number of fused-ring (bicyclic) bond motifs is 1. The summed E-state index contributed by atoms with van der Waals surface area (Å²) in [5.41, 5.74) is 0.527. The van der Waals surface area contributed by atoms with Crippen LogP contribution in [-0.2, 0) is 0 Å². The molecule has 5 nitrogen and oxygen atoms in total. The monoisotopic (exact) mass is 237 g/mol. The second-order valence-electron chi connectivity index (χ2n) is 4.07. The molecule has 17 heavy (non-hydrogen) atoms. The number of benzene rings is 1. The van der Waals surface area contributed by atoms with Crippen molar-refractivity contribution in [2.45, 2.75) is 6.92 Å². The Hall–Kier alpha value is -1.75. The quantitative estimate of drug-likeness (QED) is 0.811. The fourth-order valence-corrected chi connectivity index (χ4v) is 1.47.